The first kappa shape index (κ1) is 21.8. The van der Waals surface area contributed by atoms with E-state index >= 15 is 0 Å². The molecular weight excluding hydrogens is 370 g/mol. The molecule has 1 aromatic carbocycles. The third kappa shape index (κ3) is 7.44. The Hall–Kier alpha value is -1.92. The molecule has 29 heavy (non-hydrogen) atoms. The maximum Gasteiger partial charge on any atom is 0.320 e. The van der Waals surface area contributed by atoms with Gasteiger partial charge in [-0.1, -0.05) is 30.3 Å². The molecule has 2 aliphatic rings. The van der Waals surface area contributed by atoms with Crippen molar-refractivity contribution in [3.05, 3.63) is 35.9 Å². The molecule has 3 rings (SSSR count). The molecule has 0 aromatic heterocycles. The van der Waals surface area contributed by atoms with Crippen LogP contribution in [0.1, 0.15) is 50.5 Å². The molecule has 1 aromatic rings. The molecule has 0 bridgehead atoms. The molecule has 1 aliphatic carbocycles. The van der Waals surface area contributed by atoms with Crippen LogP contribution in [0.15, 0.2) is 30.3 Å². The highest BCUT2D eigenvalue weighted by atomic mass is 16.5. The molecule has 6 heteroatoms. The zero-order valence-electron chi connectivity index (χ0n) is 17.4. The lowest BCUT2D eigenvalue weighted by Crippen LogP contribution is -2.41. The number of hydrogen-bond acceptors (Lipinski definition) is 6. The van der Waals surface area contributed by atoms with Crippen LogP contribution in [0, 0.1) is 5.92 Å². The van der Waals surface area contributed by atoms with Gasteiger partial charge in [-0.2, -0.15) is 0 Å². The predicted molar refractivity (Wildman–Crippen MR) is 109 cm³/mol. The van der Waals surface area contributed by atoms with Crippen LogP contribution in [0.25, 0.3) is 0 Å². The summed E-state index contributed by atoms with van der Waals surface area (Å²) in [6, 6.07) is 9.75. The zero-order valence-corrected chi connectivity index (χ0v) is 17.4. The molecule has 0 unspecified atom stereocenters. The van der Waals surface area contributed by atoms with Crippen molar-refractivity contribution in [2.75, 3.05) is 26.7 Å². The molecule has 0 amide bonds. The Bertz CT molecular complexity index is 634. The van der Waals surface area contributed by atoms with Gasteiger partial charge < -0.3 is 14.2 Å². The first-order valence-corrected chi connectivity index (χ1v) is 10.8. The number of rotatable bonds is 8. The van der Waals surface area contributed by atoms with Gasteiger partial charge in [-0.25, -0.2) is 0 Å². The normalized spacial score (nSPS) is 23.5. The summed E-state index contributed by atoms with van der Waals surface area (Å²) in [5.74, 6) is 0.159. The number of benzene rings is 1. The lowest BCUT2D eigenvalue weighted by molar-refractivity contribution is -0.147. The highest BCUT2D eigenvalue weighted by Gasteiger charge is 2.28. The highest BCUT2D eigenvalue weighted by molar-refractivity contribution is 5.71. The molecule has 6 nitrogen and oxygen atoms in total. The van der Waals surface area contributed by atoms with E-state index in [1.165, 1.54) is 7.11 Å². The number of hydrogen-bond donors (Lipinski definition) is 0. The molecular formula is C23H33NO5. The molecule has 1 heterocycles. The lowest BCUT2D eigenvalue weighted by Gasteiger charge is -2.35. The van der Waals surface area contributed by atoms with Crippen molar-refractivity contribution in [2.24, 2.45) is 5.92 Å². The monoisotopic (exact) mass is 403 g/mol. The second-order valence-electron chi connectivity index (χ2n) is 8.18. The van der Waals surface area contributed by atoms with Crippen LogP contribution >= 0.6 is 0 Å². The number of ether oxygens (including phenoxy) is 3. The largest absolute Gasteiger partial charge is 0.469 e. The fraction of sp³-hybridized carbons (Fsp3) is 0.652. The Morgan fingerprint density at radius 2 is 1.59 bits per heavy atom. The second-order valence-corrected chi connectivity index (χ2v) is 8.18. The third-order valence-corrected chi connectivity index (χ3v) is 5.99. The molecule has 1 saturated heterocycles. The third-order valence-electron chi connectivity index (χ3n) is 5.99. The Morgan fingerprint density at radius 3 is 2.24 bits per heavy atom. The molecule has 0 spiro atoms. The smallest absolute Gasteiger partial charge is 0.320 e. The van der Waals surface area contributed by atoms with Crippen molar-refractivity contribution in [2.45, 2.75) is 63.8 Å². The van der Waals surface area contributed by atoms with Crippen molar-refractivity contribution in [3.8, 4) is 0 Å². The quantitative estimate of drug-likeness (QED) is 0.621. The van der Waals surface area contributed by atoms with E-state index in [0.717, 1.165) is 57.2 Å². The maximum atomic E-state index is 12.1. The van der Waals surface area contributed by atoms with E-state index in [-0.39, 0.29) is 18.0 Å². The van der Waals surface area contributed by atoms with Crippen molar-refractivity contribution in [3.63, 3.8) is 0 Å². The van der Waals surface area contributed by atoms with Gasteiger partial charge in [0.2, 0.25) is 0 Å². The molecule has 2 fully saturated rings. The minimum Gasteiger partial charge on any atom is -0.469 e. The van der Waals surface area contributed by atoms with Crippen molar-refractivity contribution in [1.29, 1.82) is 0 Å². The van der Waals surface area contributed by atoms with E-state index in [9.17, 15) is 9.59 Å². The van der Waals surface area contributed by atoms with Gasteiger partial charge >= 0.3 is 11.9 Å². The van der Waals surface area contributed by atoms with Crippen LogP contribution in [0.5, 0.6) is 0 Å². The average molecular weight is 404 g/mol. The van der Waals surface area contributed by atoms with Crippen LogP contribution < -0.4 is 0 Å². The highest BCUT2D eigenvalue weighted by Crippen LogP contribution is 2.30. The molecule has 1 saturated carbocycles. The van der Waals surface area contributed by atoms with Crippen molar-refractivity contribution >= 4 is 11.9 Å². The van der Waals surface area contributed by atoms with Gasteiger partial charge in [0, 0.05) is 19.5 Å². The number of carbonyl (C=O) groups is 2. The van der Waals surface area contributed by atoms with E-state index in [1.807, 2.05) is 30.3 Å². The molecule has 1 aliphatic heterocycles. The van der Waals surface area contributed by atoms with E-state index in [2.05, 4.69) is 4.90 Å². The zero-order chi connectivity index (χ0) is 20.5. The van der Waals surface area contributed by atoms with Crippen LogP contribution in [-0.4, -0.2) is 55.8 Å². The summed E-state index contributed by atoms with van der Waals surface area (Å²) in [4.78, 5) is 25.6. The van der Waals surface area contributed by atoms with E-state index in [4.69, 9.17) is 14.2 Å². The number of methoxy groups -OCH3 is 1. The van der Waals surface area contributed by atoms with E-state index in [0.29, 0.717) is 31.6 Å². The Kier molecular flexibility index (Phi) is 8.50. The number of likely N-dealkylation sites (tertiary alicyclic amines) is 1. The number of nitrogens with zero attached hydrogens (tertiary/aromatic N) is 1. The lowest BCUT2D eigenvalue weighted by atomic mass is 9.85. The summed E-state index contributed by atoms with van der Waals surface area (Å²) in [7, 11) is 1.45. The summed E-state index contributed by atoms with van der Waals surface area (Å²) < 4.78 is 16.5. The van der Waals surface area contributed by atoms with Gasteiger partial charge in [0.1, 0.15) is 6.61 Å². The van der Waals surface area contributed by atoms with Gasteiger partial charge in [0.05, 0.1) is 25.9 Å². The minimum atomic E-state index is -0.169. The van der Waals surface area contributed by atoms with Gasteiger partial charge in [0.25, 0.3) is 0 Å². The van der Waals surface area contributed by atoms with Crippen LogP contribution in [-0.2, 0) is 30.4 Å². The van der Waals surface area contributed by atoms with Gasteiger partial charge in [-0.15, -0.1) is 0 Å². The topological polar surface area (TPSA) is 65.1 Å². The summed E-state index contributed by atoms with van der Waals surface area (Å²) >= 11 is 0. The summed E-state index contributed by atoms with van der Waals surface area (Å²) in [5.41, 5.74) is 1.01. The van der Waals surface area contributed by atoms with Crippen LogP contribution in [0.3, 0.4) is 0 Å². The summed E-state index contributed by atoms with van der Waals surface area (Å²) in [6.45, 7) is 2.40. The van der Waals surface area contributed by atoms with Crippen molar-refractivity contribution < 1.29 is 23.8 Å². The molecule has 0 radical (unpaired) electrons. The minimum absolute atomic E-state index is 0.107. The Labute approximate surface area is 173 Å². The van der Waals surface area contributed by atoms with Crippen LogP contribution in [0.2, 0.25) is 0 Å². The molecule has 160 valence electrons. The van der Waals surface area contributed by atoms with Crippen LogP contribution in [0.4, 0.5) is 0 Å². The molecule has 0 N–H and O–H groups in total. The Morgan fingerprint density at radius 1 is 0.931 bits per heavy atom. The first-order valence-electron chi connectivity index (χ1n) is 10.8. The van der Waals surface area contributed by atoms with E-state index in [1.54, 1.807) is 0 Å². The maximum absolute atomic E-state index is 12.1. The SMILES string of the molecule is COC(=O)CC1CCC(OC2CCN(CC(=O)OCc3ccccc3)CC2)CC1. The Balaban J connectivity index is 1.28. The average Bonchev–Trinajstić information content (AvgIpc) is 2.75. The number of esters is 2. The van der Waals surface area contributed by atoms with Gasteiger partial charge in [-0.3, -0.25) is 14.5 Å². The fourth-order valence-electron chi connectivity index (χ4n) is 4.23. The first-order chi connectivity index (χ1) is 14.1. The summed E-state index contributed by atoms with van der Waals surface area (Å²) in [6.07, 6.45) is 7.12. The standard InChI is InChI=1S/C23H33NO5/c1-27-22(25)15-18-7-9-20(10-8-18)29-21-11-13-24(14-12-21)16-23(26)28-17-19-5-3-2-4-6-19/h2-6,18,20-21H,7-17H2,1H3. The van der Waals surface area contributed by atoms with Gasteiger partial charge in [-0.05, 0) is 50.0 Å². The predicted octanol–water partition coefficient (Wildman–Crippen LogP) is 3.33. The summed E-state index contributed by atoms with van der Waals surface area (Å²) in [5, 5.41) is 0. The second kappa shape index (κ2) is 11.3. The number of carbonyl (C=O) groups excluding carboxylic acids is 2. The molecule has 0 atom stereocenters. The fourth-order valence-corrected chi connectivity index (χ4v) is 4.23. The van der Waals surface area contributed by atoms with Gasteiger partial charge in [0.15, 0.2) is 0 Å². The number of piperidine rings is 1. The van der Waals surface area contributed by atoms with E-state index < -0.39 is 0 Å². The van der Waals surface area contributed by atoms with Crippen molar-refractivity contribution in [1.82, 2.24) is 4.90 Å².